The molecule has 1 aliphatic rings. The highest BCUT2D eigenvalue weighted by Crippen LogP contribution is 2.20. The second kappa shape index (κ2) is 7.25. The predicted octanol–water partition coefficient (Wildman–Crippen LogP) is 2.15. The minimum Gasteiger partial charge on any atom is -0.348 e. The van der Waals surface area contributed by atoms with Crippen LogP contribution in [0.5, 0.6) is 0 Å². The number of alkyl halides is 3. The van der Waals surface area contributed by atoms with E-state index < -0.39 is 18.8 Å². The number of hydrogen-bond acceptors (Lipinski definition) is 4. The van der Waals surface area contributed by atoms with Gasteiger partial charge in [0, 0.05) is 11.7 Å². The first-order chi connectivity index (χ1) is 12.7. The van der Waals surface area contributed by atoms with Crippen molar-refractivity contribution >= 4 is 17.6 Å². The molecule has 0 radical (unpaired) electrons. The molecule has 1 fully saturated rings. The molecule has 1 aromatic carbocycles. The highest BCUT2D eigenvalue weighted by Gasteiger charge is 2.28. The summed E-state index contributed by atoms with van der Waals surface area (Å²) in [6, 6.07) is 5.46. The monoisotopic (exact) mass is 382 g/mol. The van der Waals surface area contributed by atoms with Crippen LogP contribution in [0.15, 0.2) is 24.3 Å². The van der Waals surface area contributed by atoms with E-state index in [-0.39, 0.29) is 17.6 Å². The molecule has 0 aliphatic heterocycles. The van der Waals surface area contributed by atoms with Crippen LogP contribution in [-0.2, 0) is 0 Å². The molecule has 27 heavy (non-hydrogen) atoms. The molecule has 0 bridgehead atoms. The third-order valence-electron chi connectivity index (χ3n) is 3.84. The topological polar surface area (TPSA) is 101 Å². The predicted molar refractivity (Wildman–Crippen MR) is 89.7 cm³/mol. The van der Waals surface area contributed by atoms with Crippen LogP contribution in [0.1, 0.15) is 29.0 Å². The molecular weight excluding hydrogens is 365 g/mol. The van der Waals surface area contributed by atoms with E-state index in [1.807, 2.05) is 0 Å². The lowest BCUT2D eigenvalue weighted by Gasteiger charge is -2.10. The summed E-state index contributed by atoms with van der Waals surface area (Å²) in [7, 11) is 0. The largest absolute Gasteiger partial charge is 0.405 e. The van der Waals surface area contributed by atoms with Gasteiger partial charge in [-0.2, -0.15) is 13.2 Å². The smallest absolute Gasteiger partial charge is 0.348 e. The van der Waals surface area contributed by atoms with Gasteiger partial charge in [-0.25, -0.2) is 9.48 Å². The standard InChI is InChI=1S/C16H17F3N6O2/c1-9-13(14(26)21-10-2-3-10)23-24-25(9)12-6-4-11(5-7-12)22-15(27)20-8-16(17,18)19/h4-7,10H,2-3,8H2,1H3,(H,21,26)(H2,20,22,27). The van der Waals surface area contributed by atoms with Gasteiger partial charge in [-0.05, 0) is 44.0 Å². The van der Waals surface area contributed by atoms with Gasteiger partial charge in [0.2, 0.25) is 0 Å². The number of benzene rings is 1. The van der Waals surface area contributed by atoms with Gasteiger partial charge in [0.15, 0.2) is 5.69 Å². The first kappa shape index (κ1) is 18.7. The maximum atomic E-state index is 12.1. The fourth-order valence-corrected chi connectivity index (χ4v) is 2.31. The number of halogens is 3. The van der Waals surface area contributed by atoms with Crippen molar-refractivity contribution < 1.29 is 22.8 Å². The van der Waals surface area contributed by atoms with E-state index in [0.29, 0.717) is 17.1 Å². The summed E-state index contributed by atoms with van der Waals surface area (Å²) >= 11 is 0. The number of carbonyl (C=O) groups is 2. The van der Waals surface area contributed by atoms with E-state index in [4.69, 9.17) is 0 Å². The van der Waals surface area contributed by atoms with E-state index >= 15 is 0 Å². The summed E-state index contributed by atoms with van der Waals surface area (Å²) in [5, 5.41) is 14.7. The Hall–Kier alpha value is -3.11. The van der Waals surface area contributed by atoms with Crippen molar-refractivity contribution in [3.05, 3.63) is 35.7 Å². The number of nitrogens with zero attached hydrogens (tertiary/aromatic N) is 3. The van der Waals surface area contributed by atoms with Crippen LogP contribution >= 0.6 is 0 Å². The van der Waals surface area contributed by atoms with Crippen LogP contribution < -0.4 is 16.0 Å². The van der Waals surface area contributed by atoms with Crippen LogP contribution in [0.4, 0.5) is 23.7 Å². The molecule has 1 aromatic heterocycles. The molecule has 1 heterocycles. The maximum absolute atomic E-state index is 12.1. The molecule has 3 N–H and O–H groups in total. The molecule has 2 aromatic rings. The minimum absolute atomic E-state index is 0.205. The van der Waals surface area contributed by atoms with Gasteiger partial charge < -0.3 is 16.0 Å². The lowest BCUT2D eigenvalue weighted by molar-refractivity contribution is -0.122. The first-order valence-electron chi connectivity index (χ1n) is 8.18. The summed E-state index contributed by atoms with van der Waals surface area (Å²) in [4.78, 5) is 23.6. The van der Waals surface area contributed by atoms with Gasteiger partial charge in [0.05, 0.1) is 11.4 Å². The molecule has 1 saturated carbocycles. The van der Waals surface area contributed by atoms with Gasteiger partial charge in [-0.3, -0.25) is 4.79 Å². The Labute approximate surface area is 152 Å². The van der Waals surface area contributed by atoms with Crippen molar-refractivity contribution in [1.82, 2.24) is 25.6 Å². The lowest BCUT2D eigenvalue weighted by Crippen LogP contribution is -2.36. The average molecular weight is 382 g/mol. The van der Waals surface area contributed by atoms with Crippen molar-refractivity contribution in [2.24, 2.45) is 0 Å². The Kier molecular flexibility index (Phi) is 5.02. The quantitative estimate of drug-likeness (QED) is 0.738. The summed E-state index contributed by atoms with van der Waals surface area (Å²) in [6.45, 7) is 0.291. The Morgan fingerprint density at radius 1 is 1.22 bits per heavy atom. The van der Waals surface area contributed by atoms with Crippen molar-refractivity contribution in [2.45, 2.75) is 32.0 Å². The highest BCUT2D eigenvalue weighted by molar-refractivity contribution is 5.93. The zero-order valence-corrected chi connectivity index (χ0v) is 14.3. The van der Waals surface area contributed by atoms with E-state index in [2.05, 4.69) is 20.9 Å². The van der Waals surface area contributed by atoms with Crippen LogP contribution in [0, 0.1) is 6.92 Å². The Bertz CT molecular complexity index is 843. The average Bonchev–Trinajstić information content (AvgIpc) is 3.33. The minimum atomic E-state index is -4.48. The van der Waals surface area contributed by atoms with Gasteiger partial charge in [-0.15, -0.1) is 5.10 Å². The summed E-state index contributed by atoms with van der Waals surface area (Å²) in [6.07, 6.45) is -2.55. The third-order valence-corrected chi connectivity index (χ3v) is 3.84. The van der Waals surface area contributed by atoms with E-state index in [0.717, 1.165) is 12.8 Å². The van der Waals surface area contributed by atoms with E-state index in [1.54, 1.807) is 24.4 Å². The molecule has 0 spiro atoms. The van der Waals surface area contributed by atoms with Crippen molar-refractivity contribution in [3.8, 4) is 5.69 Å². The molecule has 8 nitrogen and oxygen atoms in total. The number of rotatable bonds is 5. The first-order valence-corrected chi connectivity index (χ1v) is 8.18. The van der Waals surface area contributed by atoms with Crippen LogP contribution in [0.25, 0.3) is 5.69 Å². The molecule has 11 heteroatoms. The third kappa shape index (κ3) is 4.96. The molecule has 3 amide bonds. The summed E-state index contributed by atoms with van der Waals surface area (Å²) < 4.78 is 37.7. The SMILES string of the molecule is Cc1c(C(=O)NC2CC2)nnn1-c1ccc(NC(=O)NCC(F)(F)F)cc1. The number of hydrogen-bond donors (Lipinski definition) is 3. The zero-order chi connectivity index (χ0) is 19.6. The van der Waals surface area contributed by atoms with E-state index in [9.17, 15) is 22.8 Å². The maximum Gasteiger partial charge on any atom is 0.405 e. The second-order valence-electron chi connectivity index (χ2n) is 6.15. The van der Waals surface area contributed by atoms with Crippen LogP contribution in [-0.4, -0.2) is 45.7 Å². The fourth-order valence-electron chi connectivity index (χ4n) is 2.31. The Morgan fingerprint density at radius 2 is 1.89 bits per heavy atom. The molecule has 0 unspecified atom stereocenters. The molecular formula is C16H17F3N6O2. The molecule has 0 atom stereocenters. The summed E-state index contributed by atoms with van der Waals surface area (Å²) in [5.74, 6) is -0.277. The van der Waals surface area contributed by atoms with Gasteiger partial charge >= 0.3 is 12.2 Å². The van der Waals surface area contributed by atoms with E-state index in [1.165, 1.54) is 16.8 Å². The Balaban J connectivity index is 1.64. The highest BCUT2D eigenvalue weighted by atomic mass is 19.4. The normalized spacial score (nSPS) is 13.9. The number of carbonyl (C=O) groups excluding carboxylic acids is 2. The van der Waals surface area contributed by atoms with Gasteiger partial charge in [0.1, 0.15) is 6.54 Å². The summed E-state index contributed by atoms with van der Waals surface area (Å²) in [5.41, 5.74) is 1.68. The van der Waals surface area contributed by atoms with Gasteiger partial charge in [-0.1, -0.05) is 5.21 Å². The molecule has 3 rings (SSSR count). The molecule has 144 valence electrons. The molecule has 1 aliphatic carbocycles. The number of urea groups is 1. The molecule has 0 saturated heterocycles. The Morgan fingerprint density at radius 3 is 2.48 bits per heavy atom. The van der Waals surface area contributed by atoms with Crippen molar-refractivity contribution in [2.75, 3.05) is 11.9 Å². The number of amides is 3. The second-order valence-corrected chi connectivity index (χ2v) is 6.15. The number of aromatic nitrogens is 3. The van der Waals surface area contributed by atoms with Crippen LogP contribution in [0.2, 0.25) is 0 Å². The van der Waals surface area contributed by atoms with Crippen molar-refractivity contribution in [3.63, 3.8) is 0 Å². The lowest BCUT2D eigenvalue weighted by atomic mass is 10.2. The zero-order valence-electron chi connectivity index (χ0n) is 14.3. The van der Waals surface area contributed by atoms with Crippen molar-refractivity contribution in [1.29, 1.82) is 0 Å². The number of anilines is 1. The number of nitrogens with one attached hydrogen (secondary N) is 3. The van der Waals surface area contributed by atoms with Gasteiger partial charge in [0.25, 0.3) is 5.91 Å². The fraction of sp³-hybridized carbons (Fsp3) is 0.375. The van der Waals surface area contributed by atoms with Crippen LogP contribution in [0.3, 0.4) is 0 Å².